The minimum Gasteiger partial charge on any atom is -0.399 e. The Kier molecular flexibility index (Phi) is 4.01. The summed E-state index contributed by atoms with van der Waals surface area (Å²) in [7, 11) is -3.71. The lowest BCUT2D eigenvalue weighted by Gasteiger charge is -2.13. The standard InChI is InChI=1S/C13H14BrN3O2S/c1-8-6-10(15)7-12(9(8)2)20(18,19)17-11-4-3-5-16-13(11)14/h3-7,17H,15H2,1-2H3. The number of aromatic nitrogens is 1. The quantitative estimate of drug-likeness (QED) is 0.654. The first-order valence-corrected chi connectivity index (χ1v) is 8.09. The van der Waals surface area contributed by atoms with Gasteiger partial charge in [0.25, 0.3) is 10.0 Å². The third-order valence-electron chi connectivity index (χ3n) is 2.93. The minimum atomic E-state index is -3.71. The second kappa shape index (κ2) is 5.41. The summed E-state index contributed by atoms with van der Waals surface area (Å²) in [4.78, 5) is 4.15. The lowest BCUT2D eigenvalue weighted by molar-refractivity contribution is 0.600. The number of hydrogen-bond acceptors (Lipinski definition) is 4. The minimum absolute atomic E-state index is 0.172. The van der Waals surface area contributed by atoms with Crippen LogP contribution in [0.1, 0.15) is 11.1 Å². The molecule has 20 heavy (non-hydrogen) atoms. The Balaban J connectivity index is 2.49. The predicted molar refractivity (Wildman–Crippen MR) is 83.1 cm³/mol. The van der Waals surface area contributed by atoms with E-state index in [-0.39, 0.29) is 4.90 Å². The molecule has 7 heteroatoms. The van der Waals surface area contributed by atoms with Gasteiger partial charge in [-0.2, -0.15) is 0 Å². The topological polar surface area (TPSA) is 85.1 Å². The summed E-state index contributed by atoms with van der Waals surface area (Å²) in [6, 6.07) is 6.48. The van der Waals surface area contributed by atoms with Crippen molar-refractivity contribution >= 4 is 37.3 Å². The first-order valence-electron chi connectivity index (χ1n) is 5.81. The van der Waals surface area contributed by atoms with E-state index in [1.807, 2.05) is 6.92 Å². The van der Waals surface area contributed by atoms with Crippen molar-refractivity contribution in [1.29, 1.82) is 0 Å². The van der Waals surface area contributed by atoms with Crippen LogP contribution in [0.2, 0.25) is 0 Å². The van der Waals surface area contributed by atoms with E-state index in [0.29, 0.717) is 21.5 Å². The normalized spacial score (nSPS) is 11.3. The molecule has 0 radical (unpaired) electrons. The van der Waals surface area contributed by atoms with Crippen molar-refractivity contribution in [1.82, 2.24) is 4.98 Å². The molecule has 1 heterocycles. The molecule has 3 N–H and O–H groups in total. The van der Waals surface area contributed by atoms with Crippen molar-refractivity contribution in [3.8, 4) is 0 Å². The highest BCUT2D eigenvalue weighted by Gasteiger charge is 2.19. The monoisotopic (exact) mass is 355 g/mol. The Morgan fingerprint density at radius 3 is 2.65 bits per heavy atom. The lowest BCUT2D eigenvalue weighted by Crippen LogP contribution is -2.15. The molecule has 106 valence electrons. The number of aryl methyl sites for hydroxylation is 1. The summed E-state index contributed by atoms with van der Waals surface area (Å²) in [6.45, 7) is 3.58. The summed E-state index contributed by atoms with van der Waals surface area (Å²) >= 11 is 3.21. The summed E-state index contributed by atoms with van der Waals surface area (Å²) in [5, 5.41) is 0. The molecular formula is C13H14BrN3O2S. The van der Waals surface area contributed by atoms with E-state index >= 15 is 0 Å². The maximum atomic E-state index is 12.5. The number of hydrogen-bond donors (Lipinski definition) is 2. The fourth-order valence-electron chi connectivity index (χ4n) is 1.79. The van der Waals surface area contributed by atoms with Crippen LogP contribution in [0.5, 0.6) is 0 Å². The molecule has 0 aliphatic carbocycles. The Bertz CT molecular complexity index is 760. The predicted octanol–water partition coefficient (Wildman–Crippen LogP) is 2.84. The van der Waals surface area contributed by atoms with E-state index in [4.69, 9.17) is 5.73 Å². The van der Waals surface area contributed by atoms with Crippen molar-refractivity contribution in [2.75, 3.05) is 10.5 Å². The first kappa shape index (κ1) is 14.8. The van der Waals surface area contributed by atoms with Crippen LogP contribution in [-0.2, 0) is 10.0 Å². The highest BCUT2D eigenvalue weighted by Crippen LogP contribution is 2.26. The molecule has 0 aliphatic rings. The van der Waals surface area contributed by atoms with Gasteiger partial charge in [0.15, 0.2) is 0 Å². The number of rotatable bonds is 3. The fourth-order valence-corrected chi connectivity index (χ4v) is 3.70. The molecule has 1 aromatic carbocycles. The van der Waals surface area contributed by atoms with Crippen LogP contribution in [0.25, 0.3) is 0 Å². The molecule has 0 spiro atoms. The molecular weight excluding hydrogens is 342 g/mol. The maximum absolute atomic E-state index is 12.5. The van der Waals surface area contributed by atoms with Gasteiger partial charge in [0.1, 0.15) is 4.60 Å². The van der Waals surface area contributed by atoms with E-state index in [1.54, 1.807) is 31.3 Å². The Hall–Kier alpha value is -1.60. The van der Waals surface area contributed by atoms with Crippen LogP contribution in [0.3, 0.4) is 0 Å². The van der Waals surface area contributed by atoms with Gasteiger partial charge in [0.05, 0.1) is 10.6 Å². The lowest BCUT2D eigenvalue weighted by atomic mass is 10.1. The number of benzene rings is 1. The first-order chi connectivity index (χ1) is 9.31. The van der Waals surface area contributed by atoms with Gasteiger partial charge < -0.3 is 5.73 Å². The van der Waals surface area contributed by atoms with Gasteiger partial charge in [0.2, 0.25) is 0 Å². The third kappa shape index (κ3) is 2.94. The number of nitrogen functional groups attached to an aromatic ring is 1. The molecule has 2 aromatic rings. The molecule has 0 saturated heterocycles. The number of nitrogens with zero attached hydrogens (tertiary/aromatic N) is 1. The highest BCUT2D eigenvalue weighted by molar-refractivity contribution is 9.10. The van der Waals surface area contributed by atoms with Crippen LogP contribution in [0, 0.1) is 13.8 Å². The van der Waals surface area contributed by atoms with Crippen LogP contribution in [0.4, 0.5) is 11.4 Å². The number of nitrogens with two attached hydrogens (primary N) is 1. The Morgan fingerprint density at radius 1 is 1.30 bits per heavy atom. The summed E-state index contributed by atoms with van der Waals surface area (Å²) in [6.07, 6.45) is 1.57. The van der Waals surface area contributed by atoms with Gasteiger partial charge >= 0.3 is 0 Å². The molecule has 1 aromatic heterocycles. The second-order valence-corrected chi connectivity index (χ2v) is 6.81. The SMILES string of the molecule is Cc1cc(N)cc(S(=O)(=O)Nc2cccnc2Br)c1C. The van der Waals surface area contributed by atoms with Crippen molar-refractivity contribution in [2.24, 2.45) is 0 Å². The second-order valence-electron chi connectivity index (χ2n) is 4.41. The smallest absolute Gasteiger partial charge is 0.262 e. The molecule has 2 rings (SSSR count). The summed E-state index contributed by atoms with van der Waals surface area (Å²) in [5.41, 5.74) is 8.03. The number of halogens is 1. The molecule has 0 fully saturated rings. The van der Waals surface area contributed by atoms with E-state index in [2.05, 4.69) is 25.6 Å². The largest absolute Gasteiger partial charge is 0.399 e. The average Bonchev–Trinajstić information content (AvgIpc) is 2.36. The van der Waals surface area contributed by atoms with Crippen molar-refractivity contribution in [3.63, 3.8) is 0 Å². The maximum Gasteiger partial charge on any atom is 0.262 e. The summed E-state index contributed by atoms with van der Waals surface area (Å²) in [5.74, 6) is 0. The van der Waals surface area contributed by atoms with Gasteiger partial charge in [-0.15, -0.1) is 0 Å². The van der Waals surface area contributed by atoms with E-state index < -0.39 is 10.0 Å². The Morgan fingerprint density at radius 2 is 2.00 bits per heavy atom. The van der Waals surface area contributed by atoms with Crippen LogP contribution < -0.4 is 10.5 Å². The Labute approximate surface area is 126 Å². The highest BCUT2D eigenvalue weighted by atomic mass is 79.9. The number of sulfonamides is 1. The van der Waals surface area contributed by atoms with Crippen LogP contribution in [-0.4, -0.2) is 13.4 Å². The zero-order chi connectivity index (χ0) is 14.9. The molecule has 0 atom stereocenters. The number of pyridine rings is 1. The van der Waals surface area contributed by atoms with E-state index in [0.717, 1.165) is 5.56 Å². The molecule has 0 saturated carbocycles. The van der Waals surface area contributed by atoms with E-state index in [1.165, 1.54) is 6.07 Å². The van der Waals surface area contributed by atoms with Crippen LogP contribution >= 0.6 is 15.9 Å². The van der Waals surface area contributed by atoms with Gasteiger partial charge in [-0.1, -0.05) is 0 Å². The van der Waals surface area contributed by atoms with Gasteiger partial charge in [-0.3, -0.25) is 4.72 Å². The fraction of sp³-hybridized carbons (Fsp3) is 0.154. The average molecular weight is 356 g/mol. The van der Waals surface area contributed by atoms with Gasteiger partial charge in [-0.05, 0) is 65.2 Å². The van der Waals surface area contributed by atoms with E-state index in [9.17, 15) is 8.42 Å². The molecule has 0 unspecified atom stereocenters. The molecule has 5 nitrogen and oxygen atoms in total. The molecule has 0 bridgehead atoms. The molecule has 0 amide bonds. The van der Waals surface area contributed by atoms with Crippen molar-refractivity contribution < 1.29 is 8.42 Å². The molecule has 0 aliphatic heterocycles. The zero-order valence-electron chi connectivity index (χ0n) is 11.0. The van der Waals surface area contributed by atoms with Crippen LogP contribution in [0.15, 0.2) is 40.0 Å². The third-order valence-corrected chi connectivity index (χ3v) is 5.06. The summed E-state index contributed by atoms with van der Waals surface area (Å²) < 4.78 is 27.9. The zero-order valence-corrected chi connectivity index (χ0v) is 13.4. The van der Waals surface area contributed by atoms with Crippen molar-refractivity contribution in [2.45, 2.75) is 18.7 Å². The van der Waals surface area contributed by atoms with Gasteiger partial charge in [-0.25, -0.2) is 13.4 Å². The van der Waals surface area contributed by atoms with Gasteiger partial charge in [0, 0.05) is 11.9 Å². The number of nitrogens with one attached hydrogen (secondary N) is 1. The number of anilines is 2. The van der Waals surface area contributed by atoms with Crippen molar-refractivity contribution in [3.05, 3.63) is 46.2 Å².